The maximum atomic E-state index is 6.54. The van der Waals surface area contributed by atoms with E-state index in [4.69, 9.17) is 15.2 Å². The summed E-state index contributed by atoms with van der Waals surface area (Å²) in [4.78, 5) is 2.44. The predicted molar refractivity (Wildman–Crippen MR) is 83.7 cm³/mol. The Labute approximate surface area is 127 Å². The minimum absolute atomic E-state index is 0.0651. The lowest BCUT2D eigenvalue weighted by molar-refractivity contribution is 0.0217. The molecule has 0 radical (unpaired) electrons. The molecule has 0 bridgehead atoms. The molecule has 0 aromatic heterocycles. The third-order valence-corrected chi connectivity index (χ3v) is 4.60. The largest absolute Gasteiger partial charge is 0.493 e. The van der Waals surface area contributed by atoms with Crippen LogP contribution in [0, 0.1) is 5.92 Å². The average Bonchev–Trinajstić information content (AvgIpc) is 2.50. The summed E-state index contributed by atoms with van der Waals surface area (Å²) in [6.45, 7) is 9.78. The summed E-state index contributed by atoms with van der Waals surface area (Å²) in [6, 6.07) is 6.44. The molecule has 1 saturated heterocycles. The molecule has 0 saturated carbocycles. The summed E-state index contributed by atoms with van der Waals surface area (Å²) >= 11 is 0. The van der Waals surface area contributed by atoms with E-state index in [1.54, 1.807) is 0 Å². The zero-order valence-corrected chi connectivity index (χ0v) is 13.0. The molecular weight excluding hydrogens is 264 g/mol. The number of hydrogen-bond donors (Lipinski definition) is 1. The molecule has 4 heteroatoms. The minimum atomic E-state index is 0.0651. The lowest BCUT2D eigenvalue weighted by Crippen LogP contribution is -2.44. The van der Waals surface area contributed by atoms with Crippen LogP contribution in [-0.2, 0) is 4.74 Å². The molecular formula is C17H26N2O2. The second-order valence-electron chi connectivity index (χ2n) is 6.43. The van der Waals surface area contributed by atoms with E-state index in [0.29, 0.717) is 11.8 Å². The second kappa shape index (κ2) is 6.34. The zero-order valence-electron chi connectivity index (χ0n) is 13.0. The van der Waals surface area contributed by atoms with Gasteiger partial charge in [-0.05, 0) is 11.5 Å². The van der Waals surface area contributed by atoms with Gasteiger partial charge in [0.25, 0.3) is 0 Å². The van der Waals surface area contributed by atoms with Gasteiger partial charge in [0.1, 0.15) is 5.75 Å². The molecule has 21 heavy (non-hydrogen) atoms. The Hall–Kier alpha value is -1.10. The van der Waals surface area contributed by atoms with E-state index >= 15 is 0 Å². The Bertz CT molecular complexity index is 484. The summed E-state index contributed by atoms with van der Waals surface area (Å²) < 4.78 is 11.5. The van der Waals surface area contributed by atoms with Crippen LogP contribution in [0.15, 0.2) is 18.2 Å². The van der Waals surface area contributed by atoms with Crippen molar-refractivity contribution in [1.82, 2.24) is 4.90 Å². The molecule has 4 nitrogen and oxygen atoms in total. The number of fused-ring (bicyclic) bond motifs is 1. The van der Waals surface area contributed by atoms with Crippen molar-refractivity contribution in [3.63, 3.8) is 0 Å². The van der Waals surface area contributed by atoms with E-state index in [1.165, 1.54) is 11.1 Å². The SMILES string of the molecule is CC(C)c1cccc2c1OCC(CN1CCOCC1)C2N. The molecule has 2 aliphatic heterocycles. The Morgan fingerprint density at radius 1 is 1.29 bits per heavy atom. The summed E-state index contributed by atoms with van der Waals surface area (Å²) in [7, 11) is 0. The first-order valence-corrected chi connectivity index (χ1v) is 7.98. The van der Waals surface area contributed by atoms with E-state index in [0.717, 1.165) is 45.2 Å². The van der Waals surface area contributed by atoms with Gasteiger partial charge in [0, 0.05) is 37.2 Å². The van der Waals surface area contributed by atoms with Crippen LogP contribution >= 0.6 is 0 Å². The fourth-order valence-electron chi connectivity index (χ4n) is 3.29. The van der Waals surface area contributed by atoms with Gasteiger partial charge in [-0.25, -0.2) is 0 Å². The van der Waals surface area contributed by atoms with Gasteiger partial charge < -0.3 is 15.2 Å². The highest BCUT2D eigenvalue weighted by Gasteiger charge is 2.31. The van der Waals surface area contributed by atoms with Crippen molar-refractivity contribution in [1.29, 1.82) is 0 Å². The van der Waals surface area contributed by atoms with Crippen molar-refractivity contribution in [2.75, 3.05) is 39.5 Å². The number of hydrogen-bond acceptors (Lipinski definition) is 4. The molecule has 116 valence electrons. The third kappa shape index (κ3) is 3.07. The molecule has 1 fully saturated rings. The number of para-hydroxylation sites is 1. The van der Waals surface area contributed by atoms with Crippen LogP contribution in [0.1, 0.15) is 36.9 Å². The van der Waals surface area contributed by atoms with Crippen molar-refractivity contribution in [2.45, 2.75) is 25.8 Å². The maximum Gasteiger partial charge on any atom is 0.127 e. The molecule has 0 amide bonds. The fraction of sp³-hybridized carbons (Fsp3) is 0.647. The Morgan fingerprint density at radius 2 is 2.05 bits per heavy atom. The quantitative estimate of drug-likeness (QED) is 0.926. The van der Waals surface area contributed by atoms with Gasteiger partial charge in [-0.3, -0.25) is 4.90 Å². The third-order valence-electron chi connectivity index (χ3n) is 4.60. The molecule has 2 unspecified atom stereocenters. The first kappa shape index (κ1) is 14.8. The van der Waals surface area contributed by atoms with E-state index in [1.807, 2.05) is 0 Å². The standard InChI is InChI=1S/C17H26N2O2/c1-12(2)14-4-3-5-15-16(18)13(11-21-17(14)15)10-19-6-8-20-9-7-19/h3-5,12-13,16H,6-11,18H2,1-2H3. The molecule has 0 aliphatic carbocycles. The molecule has 3 rings (SSSR count). The normalized spacial score (nSPS) is 26.5. The van der Waals surface area contributed by atoms with Crippen LogP contribution in [0.3, 0.4) is 0 Å². The first-order chi connectivity index (χ1) is 10.2. The average molecular weight is 290 g/mol. The summed E-state index contributed by atoms with van der Waals surface area (Å²) in [6.07, 6.45) is 0. The molecule has 2 aliphatic rings. The number of morpholine rings is 1. The highest BCUT2D eigenvalue weighted by molar-refractivity contribution is 5.46. The second-order valence-corrected chi connectivity index (χ2v) is 6.43. The highest BCUT2D eigenvalue weighted by atomic mass is 16.5. The Kier molecular flexibility index (Phi) is 4.48. The van der Waals surface area contributed by atoms with Gasteiger partial charge in [-0.2, -0.15) is 0 Å². The number of nitrogens with two attached hydrogens (primary N) is 1. The van der Waals surface area contributed by atoms with Gasteiger partial charge in [-0.15, -0.1) is 0 Å². The topological polar surface area (TPSA) is 47.7 Å². The molecule has 1 aromatic rings. The molecule has 1 aromatic carbocycles. The number of nitrogens with zero attached hydrogens (tertiary/aromatic N) is 1. The maximum absolute atomic E-state index is 6.54. The predicted octanol–water partition coefficient (Wildman–Crippen LogP) is 2.15. The van der Waals surface area contributed by atoms with E-state index in [9.17, 15) is 0 Å². The van der Waals surface area contributed by atoms with Gasteiger partial charge in [0.05, 0.1) is 19.8 Å². The monoisotopic (exact) mass is 290 g/mol. The summed E-state index contributed by atoms with van der Waals surface area (Å²) in [5.74, 6) is 1.85. The Morgan fingerprint density at radius 3 is 2.76 bits per heavy atom. The van der Waals surface area contributed by atoms with Gasteiger partial charge >= 0.3 is 0 Å². The van der Waals surface area contributed by atoms with Gasteiger partial charge in [0.2, 0.25) is 0 Å². The van der Waals surface area contributed by atoms with Crippen molar-refractivity contribution in [3.05, 3.63) is 29.3 Å². The van der Waals surface area contributed by atoms with Crippen LogP contribution < -0.4 is 10.5 Å². The smallest absolute Gasteiger partial charge is 0.127 e. The lowest BCUT2D eigenvalue weighted by atomic mass is 9.87. The van der Waals surface area contributed by atoms with E-state index < -0.39 is 0 Å². The van der Waals surface area contributed by atoms with Crippen molar-refractivity contribution in [2.24, 2.45) is 11.7 Å². The number of ether oxygens (including phenoxy) is 2. The van der Waals surface area contributed by atoms with Crippen LogP contribution in [0.4, 0.5) is 0 Å². The fourth-order valence-corrected chi connectivity index (χ4v) is 3.29. The van der Waals surface area contributed by atoms with Crippen molar-refractivity contribution in [3.8, 4) is 5.75 Å². The molecule has 2 atom stereocenters. The van der Waals surface area contributed by atoms with Crippen LogP contribution in [0.2, 0.25) is 0 Å². The van der Waals surface area contributed by atoms with Gasteiger partial charge in [-0.1, -0.05) is 32.0 Å². The minimum Gasteiger partial charge on any atom is -0.493 e. The van der Waals surface area contributed by atoms with Crippen LogP contribution in [0.25, 0.3) is 0 Å². The first-order valence-electron chi connectivity index (χ1n) is 7.98. The van der Waals surface area contributed by atoms with Crippen molar-refractivity contribution < 1.29 is 9.47 Å². The van der Waals surface area contributed by atoms with Gasteiger partial charge in [0.15, 0.2) is 0 Å². The summed E-state index contributed by atoms with van der Waals surface area (Å²) in [5, 5.41) is 0. The van der Waals surface area contributed by atoms with Crippen LogP contribution in [0.5, 0.6) is 5.75 Å². The number of benzene rings is 1. The van der Waals surface area contributed by atoms with E-state index in [-0.39, 0.29) is 6.04 Å². The van der Waals surface area contributed by atoms with E-state index in [2.05, 4.69) is 36.9 Å². The lowest BCUT2D eigenvalue weighted by Gasteiger charge is -2.37. The summed E-state index contributed by atoms with van der Waals surface area (Å²) in [5.41, 5.74) is 8.98. The number of rotatable bonds is 3. The molecule has 2 N–H and O–H groups in total. The van der Waals surface area contributed by atoms with Crippen molar-refractivity contribution >= 4 is 0 Å². The highest BCUT2D eigenvalue weighted by Crippen LogP contribution is 2.39. The molecule has 0 spiro atoms. The molecule has 2 heterocycles. The van der Waals surface area contributed by atoms with Crippen LogP contribution in [-0.4, -0.2) is 44.4 Å². The Balaban J connectivity index is 1.75. The zero-order chi connectivity index (χ0) is 14.8.